The zero-order valence-electron chi connectivity index (χ0n) is 18.4. The maximum absolute atomic E-state index is 9.38. The van der Waals surface area contributed by atoms with Gasteiger partial charge in [-0.05, 0) is 0 Å². The van der Waals surface area contributed by atoms with Crippen molar-refractivity contribution >= 4 is 19.4 Å². The van der Waals surface area contributed by atoms with E-state index in [1.165, 1.54) is 4.46 Å². The Bertz CT molecular complexity index is 1030. The number of azide groups is 1. The van der Waals surface area contributed by atoms with Gasteiger partial charge in [0.1, 0.15) is 0 Å². The van der Waals surface area contributed by atoms with Crippen molar-refractivity contribution in [1.29, 1.82) is 0 Å². The third-order valence-electron chi connectivity index (χ3n) is 5.50. The summed E-state index contributed by atoms with van der Waals surface area (Å²) in [5.41, 5.74) is 11.5. The van der Waals surface area contributed by atoms with Crippen molar-refractivity contribution in [2.75, 3.05) is 0 Å². The first-order valence-electron chi connectivity index (χ1n) is 11.0. The predicted octanol–water partition coefficient (Wildman–Crippen LogP) is 4.61. The van der Waals surface area contributed by atoms with Crippen molar-refractivity contribution in [3.63, 3.8) is 0 Å². The Morgan fingerprint density at radius 3 is 1.88 bits per heavy atom. The first-order chi connectivity index (χ1) is 16.2. The number of rotatable bonds is 9. The van der Waals surface area contributed by atoms with E-state index < -0.39 is 12.1 Å². The number of hydrogen-bond acceptors (Lipinski definition) is 4. The molecule has 170 valence electrons. The van der Waals surface area contributed by atoms with Crippen LogP contribution < -0.4 is 4.46 Å². The van der Waals surface area contributed by atoms with Crippen LogP contribution in [0, 0.1) is 0 Å². The Morgan fingerprint density at radius 2 is 1.33 bits per heavy atom. The van der Waals surface area contributed by atoms with Crippen LogP contribution in [0.1, 0.15) is 18.1 Å². The third-order valence-corrected chi connectivity index (χ3v) is 7.95. The van der Waals surface area contributed by atoms with E-state index in [0.717, 1.165) is 11.1 Å². The molecule has 3 aromatic carbocycles. The molecule has 1 aliphatic rings. The molecule has 5 atom stereocenters. The van der Waals surface area contributed by atoms with Gasteiger partial charge in [-0.15, -0.1) is 0 Å². The van der Waals surface area contributed by atoms with Crippen LogP contribution in [0.4, 0.5) is 0 Å². The van der Waals surface area contributed by atoms with Gasteiger partial charge in [0.05, 0.1) is 0 Å². The average Bonchev–Trinajstić information content (AvgIpc) is 2.86. The summed E-state index contributed by atoms with van der Waals surface area (Å²) in [4.78, 5) is 3.15. The summed E-state index contributed by atoms with van der Waals surface area (Å²) in [7, 11) is 0. The summed E-state index contributed by atoms with van der Waals surface area (Å²) < 4.78 is 20.3. The molecule has 0 amide bonds. The molecule has 1 aliphatic heterocycles. The summed E-state index contributed by atoms with van der Waals surface area (Å²) in [5.74, 6) is 0. The zero-order valence-corrected chi connectivity index (χ0v) is 20.1. The topological polar surface area (TPSA) is 76.5 Å². The van der Waals surface area contributed by atoms with Crippen molar-refractivity contribution in [2.45, 2.75) is 49.5 Å². The molecule has 0 N–H and O–H groups in total. The summed E-state index contributed by atoms with van der Waals surface area (Å²) in [6, 6.07) is 29.7. The van der Waals surface area contributed by atoms with E-state index in [2.05, 4.69) is 22.2 Å². The Morgan fingerprint density at radius 1 is 0.818 bits per heavy atom. The van der Waals surface area contributed by atoms with Crippen LogP contribution in [0.5, 0.6) is 0 Å². The number of nitrogens with zero attached hydrogens (tertiary/aromatic N) is 3. The Balaban J connectivity index is 1.57. The molecule has 0 aromatic heterocycles. The zero-order chi connectivity index (χ0) is 22.9. The minimum absolute atomic E-state index is 0.0485. The second kappa shape index (κ2) is 12.0. The predicted molar refractivity (Wildman–Crippen MR) is 129 cm³/mol. The van der Waals surface area contributed by atoms with Gasteiger partial charge in [-0.1, -0.05) is 0 Å². The van der Waals surface area contributed by atoms with Gasteiger partial charge in [0.2, 0.25) is 0 Å². The first kappa shape index (κ1) is 23.5. The monoisotopic (exact) mass is 509 g/mol. The average molecular weight is 508 g/mol. The fourth-order valence-corrected chi connectivity index (χ4v) is 6.29. The molecule has 6 nitrogen and oxygen atoms in total. The van der Waals surface area contributed by atoms with E-state index in [1.54, 1.807) is 0 Å². The van der Waals surface area contributed by atoms with E-state index in [1.807, 2.05) is 85.8 Å². The van der Waals surface area contributed by atoms with Crippen LogP contribution in [0.15, 0.2) is 96.1 Å². The number of ether oxygens (including phenoxy) is 3. The molecule has 0 spiro atoms. The SMILES string of the molecule is C[C@@H]1O[C@@H]([Se]c2ccccc2)[C@@H](N=[N+]=[N-])[C@H](OCc2ccccc2)[C@@H]1OCc1ccccc1. The van der Waals surface area contributed by atoms with Gasteiger partial charge >= 0.3 is 201 Å². The summed E-state index contributed by atoms with van der Waals surface area (Å²) in [6.07, 6.45) is -1.01. The van der Waals surface area contributed by atoms with Crippen LogP contribution in [-0.2, 0) is 27.4 Å². The van der Waals surface area contributed by atoms with Crippen molar-refractivity contribution in [1.82, 2.24) is 0 Å². The number of hydrogen-bond donors (Lipinski definition) is 0. The molecular weight excluding hydrogens is 481 g/mol. The van der Waals surface area contributed by atoms with Gasteiger partial charge in [-0.25, -0.2) is 0 Å². The molecule has 0 bridgehead atoms. The molecule has 7 heteroatoms. The standard InChI is InChI=1S/C26H27N3O3Se/c1-19-24(30-17-20-11-5-2-6-12-20)25(31-18-21-13-7-3-8-14-21)23(28-29-27)26(32-19)33-22-15-9-4-10-16-22/h2-16,19,23-26H,17-18H2,1H3/t19-,23-,24+,25-,26-/m0/s1. The Hall–Kier alpha value is -2.63. The van der Waals surface area contributed by atoms with Crippen LogP contribution in [0.3, 0.4) is 0 Å². The summed E-state index contributed by atoms with van der Waals surface area (Å²) in [6.45, 7) is 2.85. The van der Waals surface area contributed by atoms with Crippen LogP contribution in [0.2, 0.25) is 0 Å². The molecule has 1 fully saturated rings. The second-order valence-electron chi connectivity index (χ2n) is 7.86. The van der Waals surface area contributed by atoms with E-state index in [-0.39, 0.29) is 32.2 Å². The van der Waals surface area contributed by atoms with Gasteiger partial charge in [-0.2, -0.15) is 0 Å². The van der Waals surface area contributed by atoms with E-state index >= 15 is 0 Å². The number of benzene rings is 3. The minimum atomic E-state index is -0.490. The Kier molecular flexibility index (Phi) is 8.56. The van der Waals surface area contributed by atoms with E-state index in [4.69, 9.17) is 14.2 Å². The molecule has 0 radical (unpaired) electrons. The molecule has 0 saturated carbocycles. The van der Waals surface area contributed by atoms with Gasteiger partial charge in [0.25, 0.3) is 0 Å². The normalized spacial score (nSPS) is 24.7. The quantitative estimate of drug-likeness (QED) is 0.183. The first-order valence-corrected chi connectivity index (χ1v) is 12.8. The van der Waals surface area contributed by atoms with Gasteiger partial charge < -0.3 is 0 Å². The molecule has 1 saturated heterocycles. The molecule has 1 heterocycles. The fraction of sp³-hybridized carbons (Fsp3) is 0.308. The molecule has 3 aromatic rings. The summed E-state index contributed by atoms with van der Waals surface area (Å²) in [5, 5.41) is 3.91. The Labute approximate surface area is 200 Å². The van der Waals surface area contributed by atoms with Gasteiger partial charge in [-0.3, -0.25) is 0 Å². The molecule has 33 heavy (non-hydrogen) atoms. The van der Waals surface area contributed by atoms with Crippen molar-refractivity contribution in [2.24, 2.45) is 5.11 Å². The molecular formula is C26H27N3O3Se. The van der Waals surface area contributed by atoms with E-state index in [9.17, 15) is 5.53 Å². The molecule has 0 aliphatic carbocycles. The van der Waals surface area contributed by atoms with Gasteiger partial charge in [0, 0.05) is 0 Å². The second-order valence-corrected chi connectivity index (χ2v) is 10.3. The van der Waals surface area contributed by atoms with Gasteiger partial charge in [0.15, 0.2) is 0 Å². The van der Waals surface area contributed by atoms with Crippen LogP contribution in [-0.4, -0.2) is 44.3 Å². The maximum atomic E-state index is 9.38. The van der Waals surface area contributed by atoms with Crippen molar-refractivity contribution < 1.29 is 14.2 Å². The van der Waals surface area contributed by atoms with E-state index in [0.29, 0.717) is 13.2 Å². The molecule has 4 rings (SSSR count). The third kappa shape index (κ3) is 6.46. The van der Waals surface area contributed by atoms with Crippen molar-refractivity contribution in [3.8, 4) is 0 Å². The van der Waals surface area contributed by atoms with Crippen LogP contribution in [0.25, 0.3) is 10.4 Å². The van der Waals surface area contributed by atoms with Crippen LogP contribution >= 0.6 is 0 Å². The summed E-state index contributed by atoms with van der Waals surface area (Å²) >= 11 is -0.0485. The molecule has 0 unspecified atom stereocenters. The fourth-order valence-electron chi connectivity index (χ4n) is 3.85. The van der Waals surface area contributed by atoms with Crippen molar-refractivity contribution in [3.05, 3.63) is 113 Å².